The fraction of sp³-hybridized carbons (Fsp3) is 0.625. The molecule has 3 atom stereocenters. The molecule has 1 aromatic carbocycles. The highest BCUT2D eigenvalue weighted by Gasteiger charge is 2.48. The summed E-state index contributed by atoms with van der Waals surface area (Å²) in [4.78, 5) is 0. The first-order valence-corrected chi connectivity index (χ1v) is 7.34. The van der Waals surface area contributed by atoms with Crippen molar-refractivity contribution in [3.63, 3.8) is 0 Å². The maximum Gasteiger partial charge on any atom is 0.131 e. The Morgan fingerprint density at radius 1 is 1.43 bits per heavy atom. The van der Waals surface area contributed by atoms with E-state index >= 15 is 0 Å². The van der Waals surface area contributed by atoms with E-state index in [1.807, 2.05) is 6.92 Å². The molecule has 1 aliphatic rings. The van der Waals surface area contributed by atoms with E-state index in [1.54, 1.807) is 0 Å². The third-order valence-corrected chi connectivity index (χ3v) is 4.42. The van der Waals surface area contributed by atoms with Crippen LogP contribution in [0.2, 0.25) is 0 Å². The van der Waals surface area contributed by atoms with Crippen LogP contribution in [0.15, 0.2) is 18.2 Å². The lowest BCUT2D eigenvalue weighted by atomic mass is 9.64. The number of hydrogen-bond acceptors (Lipinski definition) is 3. The molecule has 1 aliphatic carbocycles. The van der Waals surface area contributed by atoms with Gasteiger partial charge in [-0.25, -0.2) is 8.78 Å². The molecule has 0 amide bonds. The van der Waals surface area contributed by atoms with Crippen molar-refractivity contribution >= 4 is 0 Å². The van der Waals surface area contributed by atoms with Crippen molar-refractivity contribution in [3.8, 4) is 0 Å². The van der Waals surface area contributed by atoms with Gasteiger partial charge >= 0.3 is 0 Å². The molecule has 1 aromatic rings. The van der Waals surface area contributed by atoms with Crippen molar-refractivity contribution in [2.75, 3.05) is 13.2 Å². The fourth-order valence-electron chi connectivity index (χ4n) is 2.85. The molecular formula is C16H23F2NO2. The van der Waals surface area contributed by atoms with Gasteiger partial charge in [-0.15, -0.1) is 0 Å². The normalized spacial score (nSPS) is 25.4. The van der Waals surface area contributed by atoms with Gasteiger partial charge < -0.3 is 15.2 Å². The highest BCUT2D eigenvalue weighted by Crippen LogP contribution is 2.42. The van der Waals surface area contributed by atoms with Crippen LogP contribution in [0, 0.1) is 17.0 Å². The van der Waals surface area contributed by atoms with Crippen LogP contribution < -0.4 is 5.32 Å². The number of benzene rings is 1. The number of ether oxygens (including phenoxy) is 1. The first-order valence-electron chi connectivity index (χ1n) is 7.34. The average Bonchev–Trinajstić information content (AvgIpc) is 2.41. The number of aliphatic hydroxyl groups is 1. The lowest BCUT2D eigenvalue weighted by Gasteiger charge is -2.52. The van der Waals surface area contributed by atoms with Crippen LogP contribution >= 0.6 is 0 Å². The molecule has 1 fully saturated rings. The summed E-state index contributed by atoms with van der Waals surface area (Å²) >= 11 is 0. The quantitative estimate of drug-likeness (QED) is 0.849. The maximum absolute atomic E-state index is 13.6. The number of nitrogens with one attached hydrogen (secondary N) is 1. The SMILES string of the molecule is CCOC1CC(NCC(O)c2ccc(F)cc2F)C1(C)C. The summed E-state index contributed by atoms with van der Waals surface area (Å²) < 4.78 is 32.1. The largest absolute Gasteiger partial charge is 0.387 e. The van der Waals surface area contributed by atoms with Gasteiger partial charge in [0.05, 0.1) is 12.2 Å². The molecule has 2 N–H and O–H groups in total. The predicted octanol–water partition coefficient (Wildman–Crippen LogP) is 2.79. The predicted molar refractivity (Wildman–Crippen MR) is 76.9 cm³/mol. The Balaban J connectivity index is 1.89. The molecule has 0 radical (unpaired) electrons. The van der Waals surface area contributed by atoms with Gasteiger partial charge in [-0.1, -0.05) is 19.9 Å². The summed E-state index contributed by atoms with van der Waals surface area (Å²) in [6.45, 7) is 7.11. The second-order valence-corrected chi connectivity index (χ2v) is 6.14. The van der Waals surface area contributed by atoms with Gasteiger partial charge in [0.15, 0.2) is 0 Å². The van der Waals surface area contributed by atoms with Crippen molar-refractivity contribution < 1.29 is 18.6 Å². The van der Waals surface area contributed by atoms with Gasteiger partial charge in [-0.3, -0.25) is 0 Å². The highest BCUT2D eigenvalue weighted by atomic mass is 19.1. The maximum atomic E-state index is 13.6. The number of aliphatic hydroxyl groups excluding tert-OH is 1. The van der Waals surface area contributed by atoms with Crippen LogP contribution in [0.5, 0.6) is 0 Å². The molecule has 21 heavy (non-hydrogen) atoms. The van der Waals surface area contributed by atoms with Crippen LogP contribution in [0.25, 0.3) is 0 Å². The molecule has 0 bridgehead atoms. The van der Waals surface area contributed by atoms with E-state index in [1.165, 1.54) is 6.07 Å². The van der Waals surface area contributed by atoms with Crippen molar-refractivity contribution in [2.24, 2.45) is 5.41 Å². The smallest absolute Gasteiger partial charge is 0.131 e. The molecule has 5 heteroatoms. The standard InChI is InChI=1S/C16H23F2NO2/c1-4-21-15-8-14(16(15,2)3)19-9-13(20)11-6-5-10(17)7-12(11)18/h5-7,13-15,19-20H,4,8-9H2,1-3H3. The molecule has 118 valence electrons. The molecule has 3 nitrogen and oxygen atoms in total. The Morgan fingerprint density at radius 3 is 2.71 bits per heavy atom. The van der Waals surface area contributed by atoms with Gasteiger partial charge in [0, 0.05) is 36.2 Å². The van der Waals surface area contributed by atoms with E-state index in [0.29, 0.717) is 6.61 Å². The summed E-state index contributed by atoms with van der Waals surface area (Å²) in [6, 6.07) is 3.44. The number of rotatable bonds is 6. The van der Waals surface area contributed by atoms with Crippen LogP contribution in [0.1, 0.15) is 38.9 Å². The third-order valence-electron chi connectivity index (χ3n) is 4.42. The first-order chi connectivity index (χ1) is 9.86. The van der Waals surface area contributed by atoms with Crippen LogP contribution in [0.3, 0.4) is 0 Å². The lowest BCUT2D eigenvalue weighted by molar-refractivity contribution is -0.115. The van der Waals surface area contributed by atoms with Crippen LogP contribution in [-0.4, -0.2) is 30.4 Å². The van der Waals surface area contributed by atoms with Crippen LogP contribution in [0.4, 0.5) is 8.78 Å². The Bertz CT molecular complexity index is 493. The Morgan fingerprint density at radius 2 is 2.14 bits per heavy atom. The summed E-state index contributed by atoms with van der Waals surface area (Å²) in [5, 5.41) is 13.3. The van der Waals surface area contributed by atoms with Crippen molar-refractivity contribution in [2.45, 2.75) is 45.4 Å². The second-order valence-electron chi connectivity index (χ2n) is 6.14. The Labute approximate surface area is 124 Å². The zero-order chi connectivity index (χ0) is 15.6. The summed E-state index contributed by atoms with van der Waals surface area (Å²) in [7, 11) is 0. The minimum absolute atomic E-state index is 0.0168. The molecule has 1 saturated carbocycles. The Kier molecular flexibility index (Phi) is 4.96. The van der Waals surface area contributed by atoms with Crippen molar-refractivity contribution in [3.05, 3.63) is 35.4 Å². The van der Waals surface area contributed by atoms with E-state index in [0.717, 1.165) is 18.6 Å². The number of halogens is 2. The molecule has 0 aromatic heterocycles. The topological polar surface area (TPSA) is 41.5 Å². The summed E-state index contributed by atoms with van der Waals surface area (Å²) in [5.41, 5.74) is 0.0965. The minimum atomic E-state index is -0.993. The van der Waals surface area contributed by atoms with Gasteiger partial charge in [0.25, 0.3) is 0 Å². The molecule has 0 heterocycles. The summed E-state index contributed by atoms with van der Waals surface area (Å²) in [5.74, 6) is -1.36. The van der Waals surface area contributed by atoms with E-state index < -0.39 is 17.7 Å². The van der Waals surface area contributed by atoms with E-state index in [4.69, 9.17) is 4.74 Å². The molecule has 0 spiro atoms. The average molecular weight is 299 g/mol. The summed E-state index contributed by atoms with van der Waals surface area (Å²) in [6.07, 6.45) is 0.0895. The van der Waals surface area contributed by atoms with E-state index in [2.05, 4.69) is 19.2 Å². The first kappa shape index (κ1) is 16.3. The highest BCUT2D eigenvalue weighted by molar-refractivity contribution is 5.21. The van der Waals surface area contributed by atoms with Crippen LogP contribution in [-0.2, 0) is 4.74 Å². The number of hydrogen-bond donors (Lipinski definition) is 2. The minimum Gasteiger partial charge on any atom is -0.387 e. The second kappa shape index (κ2) is 6.38. The monoisotopic (exact) mass is 299 g/mol. The third kappa shape index (κ3) is 3.42. The fourth-order valence-corrected chi connectivity index (χ4v) is 2.85. The lowest BCUT2D eigenvalue weighted by Crippen LogP contribution is -2.61. The molecular weight excluding hydrogens is 276 g/mol. The van der Waals surface area contributed by atoms with Gasteiger partial charge in [0.1, 0.15) is 11.6 Å². The zero-order valence-corrected chi connectivity index (χ0v) is 12.7. The van der Waals surface area contributed by atoms with E-state index in [-0.39, 0.29) is 29.7 Å². The van der Waals surface area contributed by atoms with Crippen molar-refractivity contribution in [1.29, 1.82) is 0 Å². The van der Waals surface area contributed by atoms with E-state index in [9.17, 15) is 13.9 Å². The molecule has 0 saturated heterocycles. The van der Waals surface area contributed by atoms with Crippen molar-refractivity contribution in [1.82, 2.24) is 5.32 Å². The van der Waals surface area contributed by atoms with Gasteiger partial charge in [-0.05, 0) is 19.4 Å². The Hall–Kier alpha value is -1.04. The molecule has 2 rings (SSSR count). The van der Waals surface area contributed by atoms with Gasteiger partial charge in [-0.2, -0.15) is 0 Å². The molecule has 0 aliphatic heterocycles. The molecule has 3 unspecified atom stereocenters. The zero-order valence-electron chi connectivity index (χ0n) is 12.7. The van der Waals surface area contributed by atoms with Gasteiger partial charge in [0.2, 0.25) is 0 Å².